The number of methoxy groups -OCH3 is 1. The van der Waals surface area contributed by atoms with Crippen LogP contribution in [0.3, 0.4) is 0 Å². The molecule has 0 saturated carbocycles. The van der Waals surface area contributed by atoms with Crippen LogP contribution in [-0.2, 0) is 11.3 Å². The number of rotatable bonds is 5. The minimum Gasteiger partial charge on any atom is -0.380 e. The monoisotopic (exact) mass is 270 g/mol. The highest BCUT2D eigenvalue weighted by Gasteiger charge is 2.14. The second kappa shape index (κ2) is 6.50. The summed E-state index contributed by atoms with van der Waals surface area (Å²) in [4.78, 5) is 12.0. The van der Waals surface area contributed by atoms with Crippen LogP contribution in [0.15, 0.2) is 42.7 Å². The summed E-state index contributed by atoms with van der Waals surface area (Å²) in [5, 5.41) is 15.6. The molecule has 1 atom stereocenters. The van der Waals surface area contributed by atoms with Gasteiger partial charge in [-0.25, -0.2) is 4.68 Å². The Hall–Kier alpha value is -2.65. The van der Waals surface area contributed by atoms with Crippen molar-refractivity contribution in [3.05, 3.63) is 53.9 Å². The van der Waals surface area contributed by atoms with E-state index < -0.39 is 6.17 Å². The zero-order valence-corrected chi connectivity index (χ0v) is 11.0. The predicted molar refractivity (Wildman–Crippen MR) is 71.5 cm³/mol. The van der Waals surface area contributed by atoms with E-state index >= 15 is 0 Å². The van der Waals surface area contributed by atoms with Crippen LogP contribution in [0.5, 0.6) is 0 Å². The van der Waals surface area contributed by atoms with E-state index in [4.69, 9.17) is 10.00 Å². The molecule has 0 fully saturated rings. The lowest BCUT2D eigenvalue weighted by Gasteiger charge is -2.12. The number of nitrogens with one attached hydrogen (secondary N) is 1. The van der Waals surface area contributed by atoms with E-state index in [-0.39, 0.29) is 5.91 Å². The largest absolute Gasteiger partial charge is 0.380 e. The zero-order valence-electron chi connectivity index (χ0n) is 11.0. The molecule has 0 aliphatic carbocycles. The van der Waals surface area contributed by atoms with E-state index in [1.165, 1.54) is 4.68 Å². The molecule has 6 nitrogen and oxygen atoms in total. The molecular weight excluding hydrogens is 256 g/mol. The Morgan fingerprint density at radius 3 is 2.80 bits per heavy atom. The molecule has 0 radical (unpaired) electrons. The first-order valence-corrected chi connectivity index (χ1v) is 6.02. The molecule has 0 aliphatic rings. The molecule has 0 spiro atoms. The number of nitriles is 1. The lowest BCUT2D eigenvalue weighted by molar-refractivity contribution is 0.0930. The number of hydrogen-bond acceptors (Lipinski definition) is 4. The maximum Gasteiger partial charge on any atom is 0.253 e. The summed E-state index contributed by atoms with van der Waals surface area (Å²) in [5.74, 6) is -0.323. The summed E-state index contributed by atoms with van der Waals surface area (Å²) >= 11 is 0. The summed E-state index contributed by atoms with van der Waals surface area (Å²) in [6.07, 6.45) is 2.35. The standard InChI is InChI=1S/C14H14N4O2/c1-20-10-11-3-5-12(6-4-11)14(19)17-13(9-15)18-8-2-7-16-18/h2-8,13H,10H2,1H3,(H,17,19). The van der Waals surface area contributed by atoms with Crippen molar-refractivity contribution in [3.63, 3.8) is 0 Å². The van der Waals surface area contributed by atoms with Crippen LogP contribution in [0.1, 0.15) is 22.1 Å². The highest BCUT2D eigenvalue weighted by Crippen LogP contribution is 2.07. The summed E-state index contributed by atoms with van der Waals surface area (Å²) in [6, 6.07) is 10.7. The van der Waals surface area contributed by atoms with Gasteiger partial charge in [-0.3, -0.25) is 4.79 Å². The SMILES string of the molecule is COCc1ccc(C(=O)NC(C#N)n2cccn2)cc1. The molecule has 0 saturated heterocycles. The molecule has 1 aromatic carbocycles. The molecule has 20 heavy (non-hydrogen) atoms. The minimum atomic E-state index is -0.823. The van der Waals surface area contributed by atoms with Crippen molar-refractivity contribution in [1.29, 1.82) is 5.26 Å². The quantitative estimate of drug-likeness (QED) is 0.892. The Kier molecular flexibility index (Phi) is 4.47. The van der Waals surface area contributed by atoms with E-state index in [1.54, 1.807) is 37.7 Å². The number of nitrogens with zero attached hydrogens (tertiary/aromatic N) is 3. The van der Waals surface area contributed by atoms with Crippen molar-refractivity contribution in [2.24, 2.45) is 0 Å². The summed E-state index contributed by atoms with van der Waals surface area (Å²) in [6.45, 7) is 0.496. The van der Waals surface area contributed by atoms with Gasteiger partial charge in [-0.1, -0.05) is 12.1 Å². The molecule has 0 aliphatic heterocycles. The van der Waals surface area contributed by atoms with E-state index in [2.05, 4.69) is 10.4 Å². The van der Waals surface area contributed by atoms with Crippen LogP contribution in [0.25, 0.3) is 0 Å². The molecule has 1 N–H and O–H groups in total. The Bertz CT molecular complexity index is 599. The summed E-state index contributed by atoms with van der Waals surface area (Å²) in [5.41, 5.74) is 1.46. The Morgan fingerprint density at radius 1 is 1.50 bits per heavy atom. The fraction of sp³-hybridized carbons (Fsp3) is 0.214. The topological polar surface area (TPSA) is 79.9 Å². The number of benzene rings is 1. The van der Waals surface area contributed by atoms with Crippen molar-refractivity contribution >= 4 is 5.91 Å². The molecule has 2 rings (SSSR count). The van der Waals surface area contributed by atoms with Gasteiger partial charge in [-0.2, -0.15) is 10.4 Å². The molecule has 1 unspecified atom stereocenters. The first-order valence-electron chi connectivity index (χ1n) is 6.02. The maximum absolute atomic E-state index is 12.0. The molecule has 1 aromatic heterocycles. The number of ether oxygens (including phenoxy) is 1. The van der Waals surface area contributed by atoms with Crippen molar-refractivity contribution in [3.8, 4) is 6.07 Å². The first-order chi connectivity index (χ1) is 9.74. The fourth-order valence-electron chi connectivity index (χ4n) is 1.72. The molecule has 2 aromatic rings. The molecule has 0 bridgehead atoms. The zero-order chi connectivity index (χ0) is 14.4. The minimum absolute atomic E-state index is 0.323. The van der Waals surface area contributed by atoms with E-state index in [1.807, 2.05) is 18.2 Å². The van der Waals surface area contributed by atoms with Crippen LogP contribution < -0.4 is 5.32 Å². The van der Waals surface area contributed by atoms with Gasteiger partial charge in [-0.05, 0) is 23.8 Å². The number of amides is 1. The van der Waals surface area contributed by atoms with E-state index in [9.17, 15) is 4.79 Å². The van der Waals surface area contributed by atoms with Gasteiger partial charge in [0.2, 0.25) is 6.17 Å². The fourth-order valence-corrected chi connectivity index (χ4v) is 1.72. The summed E-state index contributed by atoms with van der Waals surface area (Å²) < 4.78 is 6.39. The van der Waals surface area contributed by atoms with Crippen LogP contribution in [0, 0.1) is 11.3 Å². The third kappa shape index (κ3) is 3.22. The molecule has 102 valence electrons. The molecule has 1 heterocycles. The third-order valence-corrected chi connectivity index (χ3v) is 2.71. The van der Waals surface area contributed by atoms with Crippen molar-refractivity contribution in [2.75, 3.05) is 7.11 Å². The second-order valence-corrected chi connectivity index (χ2v) is 4.12. The number of carbonyl (C=O) groups is 1. The van der Waals surface area contributed by atoms with Gasteiger partial charge in [0.05, 0.1) is 6.61 Å². The highest BCUT2D eigenvalue weighted by atomic mass is 16.5. The molecular formula is C14H14N4O2. The van der Waals surface area contributed by atoms with Crippen LogP contribution >= 0.6 is 0 Å². The first kappa shape index (κ1) is 13.8. The van der Waals surface area contributed by atoms with Crippen molar-refractivity contribution in [2.45, 2.75) is 12.8 Å². The van der Waals surface area contributed by atoms with Crippen molar-refractivity contribution in [1.82, 2.24) is 15.1 Å². The Balaban J connectivity index is 2.06. The predicted octanol–water partition coefficient (Wildman–Crippen LogP) is 1.48. The maximum atomic E-state index is 12.0. The van der Waals surface area contributed by atoms with Crippen LogP contribution in [0.2, 0.25) is 0 Å². The third-order valence-electron chi connectivity index (χ3n) is 2.71. The van der Waals surface area contributed by atoms with E-state index in [0.29, 0.717) is 12.2 Å². The van der Waals surface area contributed by atoms with Crippen molar-refractivity contribution < 1.29 is 9.53 Å². The summed E-state index contributed by atoms with van der Waals surface area (Å²) in [7, 11) is 1.61. The lowest BCUT2D eigenvalue weighted by Crippen LogP contribution is -2.31. The van der Waals surface area contributed by atoms with Gasteiger partial charge < -0.3 is 10.1 Å². The van der Waals surface area contributed by atoms with Crippen LogP contribution in [-0.4, -0.2) is 22.8 Å². The molecule has 1 amide bonds. The highest BCUT2D eigenvalue weighted by molar-refractivity contribution is 5.94. The van der Waals surface area contributed by atoms with E-state index in [0.717, 1.165) is 5.56 Å². The number of carbonyl (C=O) groups excluding carboxylic acids is 1. The lowest BCUT2D eigenvalue weighted by atomic mass is 10.1. The molecule has 6 heteroatoms. The normalized spacial score (nSPS) is 11.6. The second-order valence-electron chi connectivity index (χ2n) is 4.12. The van der Waals surface area contributed by atoms with Gasteiger partial charge in [0.1, 0.15) is 6.07 Å². The Labute approximate surface area is 116 Å². The van der Waals surface area contributed by atoms with Gasteiger partial charge in [0, 0.05) is 25.1 Å². The number of hydrogen-bond donors (Lipinski definition) is 1. The smallest absolute Gasteiger partial charge is 0.253 e. The average molecular weight is 270 g/mol. The van der Waals surface area contributed by atoms with Gasteiger partial charge in [0.15, 0.2) is 0 Å². The van der Waals surface area contributed by atoms with Gasteiger partial charge >= 0.3 is 0 Å². The van der Waals surface area contributed by atoms with Gasteiger partial charge in [0.25, 0.3) is 5.91 Å². The average Bonchev–Trinajstić information content (AvgIpc) is 2.99. The van der Waals surface area contributed by atoms with Gasteiger partial charge in [-0.15, -0.1) is 0 Å². The Morgan fingerprint density at radius 2 is 2.25 bits per heavy atom. The number of aromatic nitrogens is 2. The van der Waals surface area contributed by atoms with Crippen LogP contribution in [0.4, 0.5) is 0 Å².